The average Bonchev–Trinajstić information content (AvgIpc) is 3.37. The number of fused-ring (bicyclic) bond motifs is 1. The minimum atomic E-state index is -4.49. The summed E-state index contributed by atoms with van der Waals surface area (Å²) in [5.74, 6) is 2.43. The number of benzene rings is 1. The molecule has 0 radical (unpaired) electrons. The monoisotopic (exact) mass is 443 g/mol. The molecule has 4 aromatic rings. The first-order valence-corrected chi connectivity index (χ1v) is 10.1. The van der Waals surface area contributed by atoms with Crippen molar-refractivity contribution in [3.05, 3.63) is 53.5 Å². The number of hydrogen-bond donors (Lipinski definition) is 0. The first kappa shape index (κ1) is 20.4. The van der Waals surface area contributed by atoms with Crippen LogP contribution in [0.1, 0.15) is 41.4 Å². The van der Waals surface area contributed by atoms with Crippen LogP contribution in [0.25, 0.3) is 16.9 Å². The summed E-state index contributed by atoms with van der Waals surface area (Å²) in [6.07, 6.45) is -3.71. The van der Waals surface area contributed by atoms with E-state index in [0.717, 1.165) is 23.3 Å². The van der Waals surface area contributed by atoms with Crippen molar-refractivity contribution in [1.29, 1.82) is 0 Å². The smallest absolute Gasteiger partial charge is 0.422 e. The molecule has 1 aliphatic rings. The maximum absolute atomic E-state index is 12.7. The van der Waals surface area contributed by atoms with Crippen LogP contribution in [0.3, 0.4) is 0 Å². The standard InChI is InChI=1S/C21H20F3N7O/c1-11-25-12(2)31(29-11)18-9-16(27-20(28-18)32-10-21(22,23)24)13-8-14(13)19-26-15-6-4-5-7-17(15)30(19)3/h4-7,9,13-14H,8,10H2,1-3H3/t13-,14-/m1/s1. The van der Waals surface area contributed by atoms with Crippen LogP contribution in [0, 0.1) is 13.8 Å². The summed E-state index contributed by atoms with van der Waals surface area (Å²) in [6, 6.07) is 9.25. The Balaban J connectivity index is 1.50. The minimum absolute atomic E-state index is 0.00887. The molecule has 3 heterocycles. The number of alkyl halides is 3. The Kier molecular flexibility index (Phi) is 4.64. The molecule has 0 aliphatic heterocycles. The minimum Gasteiger partial charge on any atom is -0.454 e. The fourth-order valence-corrected chi connectivity index (χ4v) is 3.98. The molecule has 0 unspecified atom stereocenters. The fourth-order valence-electron chi connectivity index (χ4n) is 3.98. The normalized spacial score (nSPS) is 18.3. The number of imidazole rings is 1. The summed E-state index contributed by atoms with van der Waals surface area (Å²) in [5.41, 5.74) is 2.53. The van der Waals surface area contributed by atoms with E-state index in [4.69, 9.17) is 9.72 Å². The van der Waals surface area contributed by atoms with Gasteiger partial charge in [0.1, 0.15) is 17.5 Å². The quantitative estimate of drug-likeness (QED) is 0.467. The third-order valence-corrected chi connectivity index (χ3v) is 5.49. The number of aryl methyl sites for hydroxylation is 3. The number of hydrogen-bond acceptors (Lipinski definition) is 6. The molecule has 2 atom stereocenters. The lowest BCUT2D eigenvalue weighted by Gasteiger charge is -2.11. The van der Waals surface area contributed by atoms with Gasteiger partial charge in [0.2, 0.25) is 0 Å². The molecule has 1 fully saturated rings. The van der Waals surface area contributed by atoms with Crippen LogP contribution in [0.5, 0.6) is 6.01 Å². The number of aromatic nitrogens is 7. The van der Waals surface area contributed by atoms with Gasteiger partial charge in [-0.05, 0) is 32.4 Å². The highest BCUT2D eigenvalue weighted by atomic mass is 19.4. The van der Waals surface area contributed by atoms with Gasteiger partial charge in [0.25, 0.3) is 0 Å². The highest BCUT2D eigenvalue weighted by Crippen LogP contribution is 2.54. The van der Waals surface area contributed by atoms with Gasteiger partial charge < -0.3 is 9.30 Å². The van der Waals surface area contributed by atoms with Crippen molar-refractivity contribution in [2.45, 2.75) is 38.3 Å². The van der Waals surface area contributed by atoms with Crippen LogP contribution in [-0.2, 0) is 7.05 Å². The van der Waals surface area contributed by atoms with E-state index >= 15 is 0 Å². The van der Waals surface area contributed by atoms with E-state index in [9.17, 15) is 13.2 Å². The van der Waals surface area contributed by atoms with Crippen molar-refractivity contribution >= 4 is 11.0 Å². The summed E-state index contributed by atoms with van der Waals surface area (Å²) < 4.78 is 46.6. The van der Waals surface area contributed by atoms with Crippen molar-refractivity contribution in [3.63, 3.8) is 0 Å². The van der Waals surface area contributed by atoms with E-state index in [1.807, 2.05) is 35.9 Å². The lowest BCUT2D eigenvalue weighted by Crippen LogP contribution is -2.20. The molecule has 1 aromatic carbocycles. The van der Waals surface area contributed by atoms with Gasteiger partial charge in [-0.25, -0.2) is 9.97 Å². The molecule has 166 valence electrons. The second-order valence-corrected chi connectivity index (χ2v) is 7.92. The molecule has 8 nitrogen and oxygen atoms in total. The molecular weight excluding hydrogens is 423 g/mol. The summed E-state index contributed by atoms with van der Waals surface area (Å²) in [7, 11) is 1.96. The van der Waals surface area contributed by atoms with Crippen molar-refractivity contribution in [2.24, 2.45) is 7.05 Å². The van der Waals surface area contributed by atoms with Gasteiger partial charge in [0.05, 0.1) is 16.7 Å². The maximum Gasteiger partial charge on any atom is 0.422 e. The van der Waals surface area contributed by atoms with Crippen molar-refractivity contribution in [2.75, 3.05) is 6.61 Å². The molecule has 32 heavy (non-hydrogen) atoms. The first-order chi connectivity index (χ1) is 15.2. The third kappa shape index (κ3) is 3.78. The maximum atomic E-state index is 12.7. The molecule has 5 rings (SSSR count). The van der Waals surface area contributed by atoms with E-state index < -0.39 is 12.8 Å². The van der Waals surface area contributed by atoms with Gasteiger partial charge in [0.15, 0.2) is 12.4 Å². The molecule has 0 saturated heterocycles. The second kappa shape index (κ2) is 7.28. The Bertz CT molecular complexity index is 1310. The van der Waals surface area contributed by atoms with Gasteiger partial charge in [-0.1, -0.05) is 12.1 Å². The third-order valence-electron chi connectivity index (χ3n) is 5.49. The SMILES string of the molecule is Cc1nc(C)n(-c2cc([C@@H]3C[C@H]3c3nc4ccccc4n3C)nc(OCC(F)(F)F)n2)n1. The predicted molar refractivity (Wildman–Crippen MR) is 109 cm³/mol. The molecule has 0 amide bonds. The Morgan fingerprint density at radius 2 is 1.84 bits per heavy atom. The van der Waals surface area contributed by atoms with Crippen molar-refractivity contribution in [1.82, 2.24) is 34.3 Å². The zero-order chi connectivity index (χ0) is 22.6. The lowest BCUT2D eigenvalue weighted by molar-refractivity contribution is -0.154. The van der Waals surface area contributed by atoms with Crippen LogP contribution >= 0.6 is 0 Å². The van der Waals surface area contributed by atoms with Crippen molar-refractivity contribution in [3.8, 4) is 11.8 Å². The summed E-state index contributed by atoms with van der Waals surface area (Å²) in [6.45, 7) is 2.01. The molecule has 0 bridgehead atoms. The zero-order valence-corrected chi connectivity index (χ0v) is 17.6. The van der Waals surface area contributed by atoms with Gasteiger partial charge in [-0.15, -0.1) is 5.10 Å². The number of para-hydroxylation sites is 2. The van der Waals surface area contributed by atoms with Gasteiger partial charge >= 0.3 is 12.2 Å². The van der Waals surface area contributed by atoms with Crippen LogP contribution in [0.2, 0.25) is 0 Å². The van der Waals surface area contributed by atoms with Gasteiger partial charge in [-0.2, -0.15) is 27.8 Å². The van der Waals surface area contributed by atoms with Gasteiger partial charge in [-0.3, -0.25) is 0 Å². The van der Waals surface area contributed by atoms with Crippen LogP contribution in [-0.4, -0.2) is 47.1 Å². The van der Waals surface area contributed by atoms with E-state index in [-0.39, 0.29) is 17.8 Å². The zero-order valence-electron chi connectivity index (χ0n) is 17.6. The first-order valence-electron chi connectivity index (χ1n) is 10.1. The van der Waals surface area contributed by atoms with E-state index in [1.54, 1.807) is 19.9 Å². The van der Waals surface area contributed by atoms with E-state index in [0.29, 0.717) is 23.2 Å². The molecule has 0 spiro atoms. The molecule has 1 saturated carbocycles. The number of nitrogens with zero attached hydrogens (tertiary/aromatic N) is 7. The fraction of sp³-hybridized carbons (Fsp3) is 0.381. The summed E-state index contributed by atoms with van der Waals surface area (Å²) >= 11 is 0. The van der Waals surface area contributed by atoms with Crippen LogP contribution in [0.4, 0.5) is 13.2 Å². The molecular formula is C21H20F3N7O. The summed E-state index contributed by atoms with van der Waals surface area (Å²) in [4.78, 5) is 17.4. The molecule has 11 heteroatoms. The van der Waals surface area contributed by atoms with Crippen LogP contribution < -0.4 is 4.74 Å². The topological polar surface area (TPSA) is 83.5 Å². The molecule has 3 aromatic heterocycles. The van der Waals surface area contributed by atoms with Gasteiger partial charge in [0, 0.05) is 24.9 Å². The Morgan fingerprint density at radius 3 is 2.53 bits per heavy atom. The lowest BCUT2D eigenvalue weighted by atomic mass is 10.2. The average molecular weight is 443 g/mol. The second-order valence-electron chi connectivity index (χ2n) is 7.92. The number of ether oxygens (including phenoxy) is 1. The molecule has 1 aliphatic carbocycles. The van der Waals surface area contributed by atoms with E-state index in [1.165, 1.54) is 4.68 Å². The number of rotatable bonds is 5. The Hall–Kier alpha value is -3.50. The Morgan fingerprint density at radius 1 is 1.06 bits per heavy atom. The predicted octanol–water partition coefficient (Wildman–Crippen LogP) is 3.77. The Labute approximate surface area is 181 Å². The molecule has 0 N–H and O–H groups in total. The largest absolute Gasteiger partial charge is 0.454 e. The summed E-state index contributed by atoms with van der Waals surface area (Å²) in [5, 5.41) is 4.29. The highest BCUT2D eigenvalue weighted by molar-refractivity contribution is 5.76. The number of halogens is 3. The van der Waals surface area contributed by atoms with Crippen molar-refractivity contribution < 1.29 is 17.9 Å². The van der Waals surface area contributed by atoms with E-state index in [2.05, 4.69) is 20.1 Å². The highest BCUT2D eigenvalue weighted by Gasteiger charge is 2.44. The van der Waals surface area contributed by atoms with Crippen LogP contribution in [0.15, 0.2) is 30.3 Å².